The van der Waals surface area contributed by atoms with E-state index >= 15 is 0 Å². The molecule has 0 rings (SSSR count). The minimum atomic E-state index is -0.331. The fourth-order valence-corrected chi connectivity index (χ4v) is 1.83. The van der Waals surface area contributed by atoms with Crippen molar-refractivity contribution in [1.82, 2.24) is 0 Å². The summed E-state index contributed by atoms with van der Waals surface area (Å²) in [5.74, 6) is 2.09. The number of carbonyl (C=O) groups is 1. The van der Waals surface area contributed by atoms with Crippen molar-refractivity contribution in [3.8, 4) is 12.3 Å². The quantitative estimate of drug-likeness (QED) is 0.272. The van der Waals surface area contributed by atoms with Crippen LogP contribution in [0, 0.1) is 12.3 Å². The van der Waals surface area contributed by atoms with Crippen molar-refractivity contribution in [1.29, 1.82) is 0 Å². The second-order valence-electron chi connectivity index (χ2n) is 4.29. The van der Waals surface area contributed by atoms with Crippen LogP contribution in [0.4, 0.5) is 0 Å². The molecule has 0 saturated heterocycles. The molecular formula is C17H23ClO2. The molecule has 2 nitrogen and oxygen atoms in total. The number of ether oxygens (including phenoxy) is 1. The Balaban J connectivity index is 4.33. The van der Waals surface area contributed by atoms with Gasteiger partial charge in [0.25, 0.3) is 0 Å². The maximum Gasteiger partial charge on any atom is 0.302 e. The third-order valence-corrected chi connectivity index (χ3v) is 2.96. The van der Waals surface area contributed by atoms with Gasteiger partial charge >= 0.3 is 5.97 Å². The molecule has 0 aliphatic rings. The molecule has 0 aromatic carbocycles. The van der Waals surface area contributed by atoms with E-state index in [1.165, 1.54) is 6.92 Å². The maximum atomic E-state index is 11.1. The molecule has 2 atom stereocenters. The zero-order valence-electron chi connectivity index (χ0n) is 12.2. The largest absolute Gasteiger partial charge is 0.461 e. The van der Waals surface area contributed by atoms with Gasteiger partial charge in [0, 0.05) is 13.3 Å². The third-order valence-electron chi connectivity index (χ3n) is 2.51. The van der Waals surface area contributed by atoms with E-state index in [1.54, 1.807) is 6.08 Å². The Morgan fingerprint density at radius 1 is 1.25 bits per heavy atom. The fraction of sp³-hybridized carbons (Fsp3) is 0.471. The molecule has 0 N–H and O–H groups in total. The molecule has 110 valence electrons. The van der Waals surface area contributed by atoms with Crippen LogP contribution in [0.5, 0.6) is 0 Å². The topological polar surface area (TPSA) is 26.3 Å². The maximum absolute atomic E-state index is 11.1. The molecule has 0 aliphatic carbocycles. The van der Waals surface area contributed by atoms with Gasteiger partial charge < -0.3 is 4.74 Å². The summed E-state index contributed by atoms with van der Waals surface area (Å²) in [7, 11) is 0. The molecule has 20 heavy (non-hydrogen) atoms. The van der Waals surface area contributed by atoms with Gasteiger partial charge in [0.2, 0.25) is 0 Å². The van der Waals surface area contributed by atoms with Crippen LogP contribution in [0.2, 0.25) is 0 Å². The summed E-state index contributed by atoms with van der Waals surface area (Å²) in [4.78, 5) is 11.1. The minimum absolute atomic E-state index is 0.278. The van der Waals surface area contributed by atoms with Crippen molar-refractivity contribution in [2.24, 2.45) is 0 Å². The molecule has 0 amide bonds. The summed E-state index contributed by atoms with van der Waals surface area (Å²) in [6.07, 6.45) is 19.6. The van der Waals surface area contributed by atoms with E-state index in [1.807, 2.05) is 18.2 Å². The fourth-order valence-electron chi connectivity index (χ4n) is 1.57. The molecule has 0 aliphatic heterocycles. The number of carbonyl (C=O) groups excluding carboxylic acids is 1. The van der Waals surface area contributed by atoms with E-state index in [4.69, 9.17) is 22.8 Å². The highest BCUT2D eigenvalue weighted by Crippen LogP contribution is 2.16. The number of hydrogen-bond acceptors (Lipinski definition) is 2. The molecule has 0 aromatic rings. The third kappa shape index (κ3) is 10.5. The van der Waals surface area contributed by atoms with Crippen molar-refractivity contribution in [2.75, 3.05) is 0 Å². The van der Waals surface area contributed by atoms with Gasteiger partial charge in [-0.1, -0.05) is 43.2 Å². The number of terminal acetylenes is 1. The van der Waals surface area contributed by atoms with E-state index in [9.17, 15) is 4.79 Å². The zero-order chi connectivity index (χ0) is 15.2. The highest BCUT2D eigenvalue weighted by atomic mass is 35.5. The zero-order valence-corrected chi connectivity index (χ0v) is 13.0. The second kappa shape index (κ2) is 12.6. The van der Waals surface area contributed by atoms with Crippen LogP contribution in [0.3, 0.4) is 0 Å². The normalized spacial score (nSPS) is 14.7. The summed E-state index contributed by atoms with van der Waals surface area (Å²) in [6.45, 7) is 3.49. The molecule has 0 bridgehead atoms. The summed E-state index contributed by atoms with van der Waals surface area (Å²) in [6, 6.07) is 0. The number of halogens is 1. The van der Waals surface area contributed by atoms with Crippen LogP contribution in [0.1, 0.15) is 39.5 Å². The number of allylic oxidation sites excluding steroid dienone is 5. The smallest absolute Gasteiger partial charge is 0.302 e. The van der Waals surface area contributed by atoms with Crippen LogP contribution in [-0.4, -0.2) is 17.5 Å². The molecular weight excluding hydrogens is 272 g/mol. The average Bonchev–Trinajstić information content (AvgIpc) is 2.41. The standard InChI is InChI=1S/C17H23ClO2/c1-4-6-8-9-10-12-14-17(20-15(3)19)16(18)13-11-7-5-2/h2,6-8,10-12,16-17H,4,9,13-14H2,1,3H3/b8-6+,11-7-,12-10-/t16-,17+/m1/s1. The summed E-state index contributed by atoms with van der Waals surface area (Å²) < 4.78 is 5.24. The van der Waals surface area contributed by atoms with E-state index in [-0.39, 0.29) is 17.5 Å². The second-order valence-corrected chi connectivity index (χ2v) is 4.85. The lowest BCUT2D eigenvalue weighted by Crippen LogP contribution is -2.26. The highest BCUT2D eigenvalue weighted by Gasteiger charge is 2.19. The predicted octanol–water partition coefficient (Wildman–Crippen LogP) is 4.41. The lowest BCUT2D eigenvalue weighted by atomic mass is 10.1. The van der Waals surface area contributed by atoms with Crippen molar-refractivity contribution < 1.29 is 9.53 Å². The molecule has 0 radical (unpaired) electrons. The molecule has 0 fully saturated rings. The highest BCUT2D eigenvalue weighted by molar-refractivity contribution is 6.21. The Morgan fingerprint density at radius 3 is 2.55 bits per heavy atom. The first-order valence-corrected chi connectivity index (χ1v) is 7.27. The van der Waals surface area contributed by atoms with Crippen LogP contribution in [-0.2, 0) is 9.53 Å². The van der Waals surface area contributed by atoms with E-state index in [2.05, 4.69) is 25.0 Å². The predicted molar refractivity (Wildman–Crippen MR) is 85.6 cm³/mol. The summed E-state index contributed by atoms with van der Waals surface area (Å²) in [5, 5.41) is -0.278. The van der Waals surface area contributed by atoms with Gasteiger partial charge in [-0.2, -0.15) is 0 Å². The Morgan fingerprint density at radius 2 is 1.95 bits per heavy atom. The van der Waals surface area contributed by atoms with Crippen molar-refractivity contribution in [3.05, 3.63) is 36.5 Å². The monoisotopic (exact) mass is 294 g/mol. The Hall–Kier alpha value is -1.46. The molecule has 0 spiro atoms. The Labute approximate surface area is 127 Å². The van der Waals surface area contributed by atoms with E-state index in [0.717, 1.165) is 12.8 Å². The van der Waals surface area contributed by atoms with Gasteiger partial charge in [0.15, 0.2) is 0 Å². The number of hydrogen-bond donors (Lipinski definition) is 0. The molecule has 3 heteroatoms. The van der Waals surface area contributed by atoms with Crippen molar-refractivity contribution in [2.45, 2.75) is 51.0 Å². The average molecular weight is 295 g/mol. The molecule has 0 heterocycles. The Kier molecular flexibility index (Phi) is 11.7. The first-order chi connectivity index (χ1) is 9.61. The molecule has 0 saturated carbocycles. The minimum Gasteiger partial charge on any atom is -0.461 e. The van der Waals surface area contributed by atoms with Gasteiger partial charge in [0.1, 0.15) is 6.10 Å². The lowest BCUT2D eigenvalue weighted by Gasteiger charge is -2.19. The van der Waals surface area contributed by atoms with Crippen molar-refractivity contribution in [3.63, 3.8) is 0 Å². The number of esters is 1. The van der Waals surface area contributed by atoms with Crippen LogP contribution < -0.4 is 0 Å². The van der Waals surface area contributed by atoms with Gasteiger partial charge in [-0.25, -0.2) is 0 Å². The van der Waals surface area contributed by atoms with E-state index in [0.29, 0.717) is 12.8 Å². The first kappa shape index (κ1) is 18.5. The SMILES string of the molecule is C#C/C=C\C[C@@H](Cl)[C@H](C/C=C\C/C=C/CC)OC(C)=O. The van der Waals surface area contributed by atoms with Gasteiger partial charge in [0.05, 0.1) is 5.38 Å². The molecule has 0 aromatic heterocycles. The Bertz CT molecular complexity index is 388. The lowest BCUT2D eigenvalue weighted by molar-refractivity contribution is -0.146. The van der Waals surface area contributed by atoms with Crippen LogP contribution in [0.25, 0.3) is 0 Å². The van der Waals surface area contributed by atoms with E-state index < -0.39 is 0 Å². The van der Waals surface area contributed by atoms with Gasteiger partial charge in [-0.15, -0.1) is 18.0 Å². The van der Waals surface area contributed by atoms with Gasteiger partial charge in [-0.3, -0.25) is 4.79 Å². The summed E-state index contributed by atoms with van der Waals surface area (Å²) >= 11 is 6.24. The van der Waals surface area contributed by atoms with Crippen LogP contribution in [0.15, 0.2) is 36.5 Å². The molecule has 0 unspecified atom stereocenters. The summed E-state index contributed by atoms with van der Waals surface area (Å²) in [5.41, 5.74) is 0. The van der Waals surface area contributed by atoms with Crippen molar-refractivity contribution >= 4 is 17.6 Å². The first-order valence-electron chi connectivity index (χ1n) is 6.84. The number of rotatable bonds is 9. The van der Waals surface area contributed by atoms with Crippen LogP contribution >= 0.6 is 11.6 Å². The number of alkyl halides is 1. The van der Waals surface area contributed by atoms with Gasteiger partial charge in [-0.05, 0) is 25.3 Å².